The van der Waals surface area contributed by atoms with E-state index in [1.807, 2.05) is 24.3 Å². The van der Waals surface area contributed by atoms with Gasteiger partial charge in [0.25, 0.3) is 0 Å². The molecule has 1 aromatic rings. The Kier molecular flexibility index (Phi) is 9.23. The molecule has 24 heavy (non-hydrogen) atoms. The van der Waals surface area contributed by atoms with Gasteiger partial charge in [0.2, 0.25) is 11.8 Å². The minimum absolute atomic E-state index is 0. The fraction of sp³-hybridized carbons (Fsp3) is 0.556. The normalized spacial score (nSPS) is 14.5. The average molecular weight is 354 g/mol. The molecule has 2 rings (SSSR count). The van der Waals surface area contributed by atoms with Gasteiger partial charge in [-0.2, -0.15) is 0 Å². The Labute approximate surface area is 150 Å². The number of benzene rings is 1. The summed E-state index contributed by atoms with van der Waals surface area (Å²) in [6, 6.07) is 7.89. The quantitative estimate of drug-likeness (QED) is 0.659. The second-order valence-electron chi connectivity index (χ2n) is 6.20. The van der Waals surface area contributed by atoms with Crippen molar-refractivity contribution in [3.8, 4) is 0 Å². The van der Waals surface area contributed by atoms with Crippen molar-refractivity contribution in [1.29, 1.82) is 0 Å². The molecule has 1 saturated carbocycles. The number of aryl methyl sites for hydroxylation is 1. The standard InChI is InChI=1S/C18H27N3O2.ClH/c19-16-9-5-4-6-14(16)10-11-17(22)20-13-12-18(23)21-15-7-2-1-3-8-15;/h4-6,9,15H,1-3,7-8,10-13,19H2,(H,20,22)(H,21,23);1H. The number of nitrogen functional groups attached to an aromatic ring is 1. The fourth-order valence-electron chi connectivity index (χ4n) is 2.96. The number of hydrogen-bond acceptors (Lipinski definition) is 3. The maximum Gasteiger partial charge on any atom is 0.221 e. The Bertz CT molecular complexity index is 531. The van der Waals surface area contributed by atoms with Gasteiger partial charge in [-0.05, 0) is 30.9 Å². The number of carbonyl (C=O) groups excluding carboxylic acids is 2. The molecule has 1 aromatic carbocycles. The van der Waals surface area contributed by atoms with Gasteiger partial charge in [0.15, 0.2) is 0 Å². The van der Waals surface area contributed by atoms with E-state index in [-0.39, 0.29) is 24.2 Å². The second kappa shape index (κ2) is 10.9. The highest BCUT2D eigenvalue weighted by atomic mass is 35.5. The van der Waals surface area contributed by atoms with Crippen molar-refractivity contribution in [2.45, 2.75) is 57.4 Å². The van der Waals surface area contributed by atoms with Crippen LogP contribution in [0.3, 0.4) is 0 Å². The predicted octanol–water partition coefficient (Wildman–Crippen LogP) is 2.58. The van der Waals surface area contributed by atoms with E-state index >= 15 is 0 Å². The van der Waals surface area contributed by atoms with Gasteiger partial charge in [-0.25, -0.2) is 0 Å². The molecule has 0 heterocycles. The fourth-order valence-corrected chi connectivity index (χ4v) is 2.96. The zero-order valence-electron chi connectivity index (χ0n) is 14.1. The number of halogens is 1. The van der Waals surface area contributed by atoms with E-state index in [4.69, 9.17) is 5.73 Å². The minimum Gasteiger partial charge on any atom is -0.399 e. The maximum absolute atomic E-state index is 11.8. The first kappa shape index (κ1) is 20.3. The summed E-state index contributed by atoms with van der Waals surface area (Å²) in [5, 5.41) is 5.85. The van der Waals surface area contributed by atoms with Crippen LogP contribution in [0.15, 0.2) is 24.3 Å². The van der Waals surface area contributed by atoms with Crippen molar-refractivity contribution >= 4 is 29.9 Å². The van der Waals surface area contributed by atoms with Gasteiger partial charge in [-0.15, -0.1) is 12.4 Å². The molecule has 5 nitrogen and oxygen atoms in total. The second-order valence-corrected chi connectivity index (χ2v) is 6.20. The van der Waals surface area contributed by atoms with Crippen LogP contribution >= 0.6 is 12.4 Å². The maximum atomic E-state index is 11.8. The van der Waals surface area contributed by atoms with Crippen molar-refractivity contribution in [2.75, 3.05) is 12.3 Å². The summed E-state index contributed by atoms with van der Waals surface area (Å²) >= 11 is 0. The van der Waals surface area contributed by atoms with Crippen molar-refractivity contribution in [2.24, 2.45) is 0 Å². The summed E-state index contributed by atoms with van der Waals surface area (Å²) < 4.78 is 0. The van der Waals surface area contributed by atoms with Gasteiger partial charge < -0.3 is 16.4 Å². The lowest BCUT2D eigenvalue weighted by atomic mass is 9.95. The molecule has 0 saturated heterocycles. The number of nitrogens with two attached hydrogens (primary N) is 1. The smallest absolute Gasteiger partial charge is 0.221 e. The topological polar surface area (TPSA) is 84.2 Å². The third-order valence-electron chi connectivity index (χ3n) is 4.32. The highest BCUT2D eigenvalue weighted by molar-refractivity contribution is 5.85. The lowest BCUT2D eigenvalue weighted by Gasteiger charge is -2.22. The Balaban J connectivity index is 0.00000288. The Morgan fingerprint density at radius 3 is 2.46 bits per heavy atom. The van der Waals surface area contributed by atoms with E-state index in [2.05, 4.69) is 10.6 Å². The highest BCUT2D eigenvalue weighted by Gasteiger charge is 2.15. The predicted molar refractivity (Wildman–Crippen MR) is 99.1 cm³/mol. The molecule has 2 amide bonds. The molecular formula is C18H28ClN3O2. The van der Waals surface area contributed by atoms with Crippen LogP contribution in [0, 0.1) is 0 Å². The molecule has 0 spiro atoms. The van der Waals surface area contributed by atoms with Crippen LogP contribution in [0.2, 0.25) is 0 Å². The van der Waals surface area contributed by atoms with Crippen LogP contribution in [0.4, 0.5) is 5.69 Å². The molecular weight excluding hydrogens is 326 g/mol. The van der Waals surface area contributed by atoms with Crippen molar-refractivity contribution in [3.63, 3.8) is 0 Å². The van der Waals surface area contributed by atoms with Gasteiger partial charge in [-0.1, -0.05) is 37.5 Å². The number of hydrogen-bond donors (Lipinski definition) is 3. The monoisotopic (exact) mass is 353 g/mol. The number of carbonyl (C=O) groups is 2. The molecule has 0 aliphatic heterocycles. The average Bonchev–Trinajstić information content (AvgIpc) is 2.55. The number of nitrogens with one attached hydrogen (secondary N) is 2. The molecule has 0 radical (unpaired) electrons. The Hall–Kier alpha value is -1.75. The number of anilines is 1. The zero-order chi connectivity index (χ0) is 16.5. The lowest BCUT2D eigenvalue weighted by Crippen LogP contribution is -2.38. The van der Waals surface area contributed by atoms with E-state index < -0.39 is 0 Å². The van der Waals surface area contributed by atoms with Crippen molar-refractivity contribution in [1.82, 2.24) is 10.6 Å². The first-order valence-electron chi connectivity index (χ1n) is 8.54. The molecule has 0 bridgehead atoms. The van der Waals surface area contributed by atoms with Crippen LogP contribution in [0.25, 0.3) is 0 Å². The van der Waals surface area contributed by atoms with Crippen LogP contribution < -0.4 is 16.4 Å². The molecule has 0 unspecified atom stereocenters. The first-order valence-corrected chi connectivity index (χ1v) is 8.54. The van der Waals surface area contributed by atoms with Gasteiger partial charge in [0, 0.05) is 31.1 Å². The van der Waals surface area contributed by atoms with E-state index in [0.29, 0.717) is 37.5 Å². The molecule has 1 fully saturated rings. The Morgan fingerprint density at radius 1 is 1.04 bits per heavy atom. The van der Waals surface area contributed by atoms with E-state index in [0.717, 1.165) is 18.4 Å². The third-order valence-corrected chi connectivity index (χ3v) is 4.32. The third kappa shape index (κ3) is 7.21. The van der Waals surface area contributed by atoms with Gasteiger partial charge in [-0.3, -0.25) is 9.59 Å². The van der Waals surface area contributed by atoms with E-state index in [9.17, 15) is 9.59 Å². The molecule has 134 valence electrons. The Morgan fingerprint density at radius 2 is 1.75 bits per heavy atom. The van der Waals surface area contributed by atoms with Crippen LogP contribution in [-0.2, 0) is 16.0 Å². The summed E-state index contributed by atoms with van der Waals surface area (Å²) in [6.45, 7) is 0.391. The lowest BCUT2D eigenvalue weighted by molar-refractivity contribution is -0.122. The summed E-state index contributed by atoms with van der Waals surface area (Å²) in [5.74, 6) is -0.0109. The van der Waals surface area contributed by atoms with Crippen molar-refractivity contribution in [3.05, 3.63) is 29.8 Å². The molecule has 0 aromatic heterocycles. The first-order chi connectivity index (χ1) is 11.1. The van der Waals surface area contributed by atoms with Crippen LogP contribution in [0.5, 0.6) is 0 Å². The van der Waals surface area contributed by atoms with Gasteiger partial charge in [0.1, 0.15) is 0 Å². The molecule has 1 aliphatic carbocycles. The largest absolute Gasteiger partial charge is 0.399 e. The van der Waals surface area contributed by atoms with E-state index in [1.165, 1.54) is 19.3 Å². The number of rotatable bonds is 7. The van der Waals surface area contributed by atoms with Crippen molar-refractivity contribution < 1.29 is 9.59 Å². The summed E-state index contributed by atoms with van der Waals surface area (Å²) in [6.07, 6.45) is 7.18. The molecule has 6 heteroatoms. The van der Waals surface area contributed by atoms with Gasteiger partial charge in [0.05, 0.1) is 0 Å². The molecule has 4 N–H and O–H groups in total. The molecule has 0 atom stereocenters. The minimum atomic E-state index is -0.0429. The number of para-hydroxylation sites is 1. The molecule has 1 aliphatic rings. The summed E-state index contributed by atoms with van der Waals surface area (Å²) in [4.78, 5) is 23.7. The van der Waals surface area contributed by atoms with Crippen LogP contribution in [0.1, 0.15) is 50.5 Å². The number of amides is 2. The SMILES string of the molecule is Cl.Nc1ccccc1CCC(=O)NCCC(=O)NC1CCCCC1. The van der Waals surface area contributed by atoms with Gasteiger partial charge >= 0.3 is 0 Å². The highest BCUT2D eigenvalue weighted by Crippen LogP contribution is 2.17. The summed E-state index contributed by atoms with van der Waals surface area (Å²) in [5.41, 5.74) is 7.55. The van der Waals surface area contributed by atoms with Crippen LogP contribution in [-0.4, -0.2) is 24.4 Å². The van der Waals surface area contributed by atoms with E-state index in [1.54, 1.807) is 0 Å². The zero-order valence-corrected chi connectivity index (χ0v) is 14.9. The summed E-state index contributed by atoms with van der Waals surface area (Å²) in [7, 11) is 0.